The Hall–Kier alpha value is -0.0900. The van der Waals surface area contributed by atoms with Crippen LogP contribution in [-0.2, 0) is 9.84 Å². The van der Waals surface area contributed by atoms with Gasteiger partial charge in [0.2, 0.25) is 0 Å². The molecule has 4 heteroatoms. The van der Waals surface area contributed by atoms with Crippen LogP contribution in [-0.4, -0.2) is 25.0 Å². The molecule has 15 heavy (non-hydrogen) atoms. The summed E-state index contributed by atoms with van der Waals surface area (Å²) in [4.78, 5) is 0. The fraction of sp³-hybridized carbons (Fsp3) is 1.00. The molecule has 0 aromatic carbocycles. The first-order valence-electron chi connectivity index (χ1n) is 5.85. The molecule has 0 heterocycles. The lowest BCUT2D eigenvalue weighted by Gasteiger charge is -2.31. The van der Waals surface area contributed by atoms with Gasteiger partial charge in [0.05, 0.1) is 10.00 Å². The maximum absolute atomic E-state index is 12.3. The van der Waals surface area contributed by atoms with Gasteiger partial charge in [-0.3, -0.25) is 0 Å². The van der Waals surface area contributed by atoms with E-state index in [4.69, 9.17) is 5.73 Å². The van der Waals surface area contributed by atoms with Gasteiger partial charge in [-0.15, -0.1) is 0 Å². The topological polar surface area (TPSA) is 60.2 Å². The molecule has 2 N–H and O–H groups in total. The summed E-state index contributed by atoms with van der Waals surface area (Å²) in [5.41, 5.74) is 5.48. The summed E-state index contributed by atoms with van der Waals surface area (Å²) in [6.45, 7) is 4.06. The minimum Gasteiger partial charge on any atom is -0.330 e. The Labute approximate surface area is 93.3 Å². The molecule has 1 aliphatic rings. The third kappa shape index (κ3) is 2.72. The third-order valence-electron chi connectivity index (χ3n) is 3.51. The summed E-state index contributed by atoms with van der Waals surface area (Å²) < 4.78 is 24.0. The monoisotopic (exact) mass is 233 g/mol. The summed E-state index contributed by atoms with van der Waals surface area (Å²) >= 11 is 0. The average molecular weight is 233 g/mol. The summed E-state index contributed by atoms with van der Waals surface area (Å²) in [6.07, 6.45) is 5.55. The molecule has 0 spiro atoms. The minimum absolute atomic E-state index is 0.118. The fourth-order valence-corrected chi connectivity index (χ4v) is 4.58. The molecule has 1 fully saturated rings. The van der Waals surface area contributed by atoms with E-state index in [9.17, 15) is 8.42 Å². The Morgan fingerprint density at radius 1 is 1.20 bits per heavy atom. The zero-order chi connectivity index (χ0) is 11.5. The van der Waals surface area contributed by atoms with E-state index < -0.39 is 14.6 Å². The van der Waals surface area contributed by atoms with Crippen molar-refractivity contribution in [3.8, 4) is 0 Å². The number of sulfone groups is 1. The van der Waals surface area contributed by atoms with Crippen LogP contribution in [0.4, 0.5) is 0 Å². The molecule has 0 aromatic heterocycles. The molecule has 1 saturated carbocycles. The van der Waals surface area contributed by atoms with Gasteiger partial charge in [0.1, 0.15) is 0 Å². The van der Waals surface area contributed by atoms with E-state index in [1.807, 2.05) is 13.8 Å². The lowest BCUT2D eigenvalue weighted by molar-refractivity contribution is 0.459. The van der Waals surface area contributed by atoms with Gasteiger partial charge in [0.15, 0.2) is 9.84 Å². The predicted molar refractivity (Wildman–Crippen MR) is 63.5 cm³/mol. The van der Waals surface area contributed by atoms with Crippen LogP contribution in [0, 0.1) is 0 Å². The molecule has 0 aliphatic heterocycles. The second kappa shape index (κ2) is 4.83. The third-order valence-corrected chi connectivity index (χ3v) is 6.60. The van der Waals surface area contributed by atoms with Crippen LogP contribution in [0.2, 0.25) is 0 Å². The molecule has 0 atom stereocenters. The Morgan fingerprint density at radius 3 is 2.20 bits per heavy atom. The van der Waals surface area contributed by atoms with E-state index in [1.54, 1.807) is 0 Å². The van der Waals surface area contributed by atoms with E-state index in [-0.39, 0.29) is 5.25 Å². The quantitative estimate of drug-likeness (QED) is 0.806. The molecule has 0 aromatic rings. The van der Waals surface area contributed by atoms with Crippen molar-refractivity contribution in [1.29, 1.82) is 0 Å². The van der Waals surface area contributed by atoms with Crippen LogP contribution in [0.5, 0.6) is 0 Å². The van der Waals surface area contributed by atoms with Crippen LogP contribution in [0.3, 0.4) is 0 Å². The molecule has 3 nitrogen and oxygen atoms in total. The van der Waals surface area contributed by atoms with Gasteiger partial charge >= 0.3 is 0 Å². The molecule has 90 valence electrons. The standard InChI is InChI=1S/C11H23NO2S/c1-11(2,8-9-12)15(13,14)10-6-4-3-5-7-10/h10H,3-9,12H2,1-2H3. The van der Waals surface area contributed by atoms with Crippen LogP contribution < -0.4 is 5.73 Å². The molecule has 1 rings (SSSR count). The zero-order valence-electron chi connectivity index (χ0n) is 9.83. The van der Waals surface area contributed by atoms with Gasteiger partial charge in [-0.05, 0) is 39.7 Å². The lowest BCUT2D eigenvalue weighted by Crippen LogP contribution is -2.42. The van der Waals surface area contributed by atoms with Gasteiger partial charge in [-0.1, -0.05) is 19.3 Å². The van der Waals surface area contributed by atoms with Crippen LogP contribution in [0.15, 0.2) is 0 Å². The van der Waals surface area contributed by atoms with E-state index in [0.717, 1.165) is 25.7 Å². The second-order valence-electron chi connectivity index (χ2n) is 5.10. The largest absolute Gasteiger partial charge is 0.330 e. The number of rotatable bonds is 4. The van der Waals surface area contributed by atoms with Crippen molar-refractivity contribution in [2.75, 3.05) is 6.54 Å². The highest BCUT2D eigenvalue weighted by Crippen LogP contribution is 2.32. The van der Waals surface area contributed by atoms with Gasteiger partial charge < -0.3 is 5.73 Å². The Bertz CT molecular complexity index is 290. The van der Waals surface area contributed by atoms with E-state index in [2.05, 4.69) is 0 Å². The highest BCUT2D eigenvalue weighted by Gasteiger charge is 2.39. The number of hydrogen-bond acceptors (Lipinski definition) is 3. The highest BCUT2D eigenvalue weighted by atomic mass is 32.2. The SMILES string of the molecule is CC(C)(CCN)S(=O)(=O)C1CCCCC1. The second-order valence-corrected chi connectivity index (χ2v) is 7.97. The van der Waals surface area contributed by atoms with Gasteiger partial charge in [0, 0.05) is 0 Å². The molecular formula is C11H23NO2S. The predicted octanol–water partition coefficient (Wildman–Crippen LogP) is 1.86. The Balaban J connectivity index is 2.80. The van der Waals surface area contributed by atoms with Gasteiger partial charge in [-0.2, -0.15) is 0 Å². The first-order valence-corrected chi connectivity index (χ1v) is 7.40. The number of nitrogens with two attached hydrogens (primary N) is 1. The first kappa shape index (κ1) is 13.0. The van der Waals surface area contributed by atoms with E-state index in [0.29, 0.717) is 13.0 Å². The minimum atomic E-state index is -3.00. The normalized spacial score (nSPS) is 20.5. The summed E-state index contributed by atoms with van der Waals surface area (Å²) in [5, 5.41) is -0.118. The van der Waals surface area contributed by atoms with E-state index >= 15 is 0 Å². The van der Waals surface area contributed by atoms with Crippen molar-refractivity contribution in [3.05, 3.63) is 0 Å². The molecule has 0 radical (unpaired) electrons. The fourth-order valence-electron chi connectivity index (χ4n) is 2.32. The van der Waals surface area contributed by atoms with Gasteiger partial charge in [-0.25, -0.2) is 8.42 Å². The smallest absolute Gasteiger partial charge is 0.158 e. The molecule has 0 unspecified atom stereocenters. The van der Waals surface area contributed by atoms with Crippen molar-refractivity contribution in [2.24, 2.45) is 5.73 Å². The first-order chi connectivity index (χ1) is 6.92. The van der Waals surface area contributed by atoms with Gasteiger partial charge in [0.25, 0.3) is 0 Å². The van der Waals surface area contributed by atoms with Crippen molar-refractivity contribution in [2.45, 2.75) is 62.4 Å². The number of hydrogen-bond donors (Lipinski definition) is 1. The maximum Gasteiger partial charge on any atom is 0.158 e. The average Bonchev–Trinajstić information content (AvgIpc) is 2.19. The Morgan fingerprint density at radius 2 is 1.73 bits per heavy atom. The molecule has 0 saturated heterocycles. The zero-order valence-corrected chi connectivity index (χ0v) is 10.6. The summed E-state index contributed by atoms with van der Waals surface area (Å²) in [7, 11) is -3.00. The molecular weight excluding hydrogens is 210 g/mol. The van der Waals surface area contributed by atoms with Crippen LogP contribution >= 0.6 is 0 Å². The Kier molecular flexibility index (Phi) is 4.18. The molecule has 0 amide bonds. The van der Waals surface area contributed by atoms with Crippen LogP contribution in [0.1, 0.15) is 52.4 Å². The van der Waals surface area contributed by atoms with E-state index in [1.165, 1.54) is 6.42 Å². The molecule has 0 bridgehead atoms. The van der Waals surface area contributed by atoms with Crippen molar-refractivity contribution < 1.29 is 8.42 Å². The van der Waals surface area contributed by atoms with Crippen molar-refractivity contribution in [1.82, 2.24) is 0 Å². The highest BCUT2D eigenvalue weighted by molar-refractivity contribution is 7.93. The summed E-state index contributed by atoms with van der Waals surface area (Å²) in [5.74, 6) is 0. The maximum atomic E-state index is 12.3. The summed E-state index contributed by atoms with van der Waals surface area (Å²) in [6, 6.07) is 0. The van der Waals surface area contributed by atoms with Crippen molar-refractivity contribution >= 4 is 9.84 Å². The lowest BCUT2D eigenvalue weighted by atomic mass is 10.0. The van der Waals surface area contributed by atoms with Crippen molar-refractivity contribution in [3.63, 3.8) is 0 Å². The molecule has 1 aliphatic carbocycles. The van der Waals surface area contributed by atoms with Crippen LogP contribution in [0.25, 0.3) is 0 Å².